The minimum absolute atomic E-state index is 0.331. The van der Waals surface area contributed by atoms with Gasteiger partial charge in [0, 0.05) is 0 Å². The second-order valence-corrected chi connectivity index (χ2v) is 4.33. The highest BCUT2D eigenvalue weighted by Gasteiger charge is 2.25. The Bertz CT molecular complexity index is 560. The number of aliphatic hydroxyl groups is 1. The molecule has 2 aromatic rings. The molecule has 0 unspecified atom stereocenters. The quantitative estimate of drug-likeness (QED) is 0.870. The van der Waals surface area contributed by atoms with Gasteiger partial charge >= 0.3 is 0 Å². The third-order valence-corrected chi connectivity index (χ3v) is 3.11. The molecule has 90 valence electrons. The normalized spacial score (nSPS) is 21.4. The molecule has 3 rings (SSSR count). The van der Waals surface area contributed by atoms with Crippen molar-refractivity contribution in [2.75, 3.05) is 0 Å². The number of benzene rings is 2. The number of rotatable bonds is 2. The van der Waals surface area contributed by atoms with Gasteiger partial charge in [-0.05, 0) is 29.3 Å². The Kier molecular flexibility index (Phi) is 2.87. The van der Waals surface area contributed by atoms with E-state index in [1.54, 1.807) is 0 Å². The molecule has 2 nitrogen and oxygen atoms in total. The number of aliphatic hydroxyl groups excluding tert-OH is 1. The first kappa shape index (κ1) is 11.1. The summed E-state index contributed by atoms with van der Waals surface area (Å²) in [5, 5.41) is 10.3. The van der Waals surface area contributed by atoms with E-state index in [2.05, 4.69) is 0 Å². The summed E-state index contributed by atoms with van der Waals surface area (Å²) in [6.07, 6.45) is 2.95. The summed E-state index contributed by atoms with van der Waals surface area (Å²) < 4.78 is 5.79. The summed E-state index contributed by atoms with van der Waals surface area (Å²) in [6.45, 7) is 0. The van der Waals surface area contributed by atoms with Crippen LogP contribution in [0.5, 0.6) is 5.75 Å². The van der Waals surface area contributed by atoms with E-state index in [1.807, 2.05) is 66.7 Å². The van der Waals surface area contributed by atoms with Gasteiger partial charge in [-0.2, -0.15) is 0 Å². The van der Waals surface area contributed by atoms with Crippen molar-refractivity contribution in [3.63, 3.8) is 0 Å². The molecule has 2 heteroatoms. The average molecular weight is 238 g/mol. The van der Waals surface area contributed by atoms with Crippen LogP contribution >= 0.6 is 0 Å². The molecule has 0 spiro atoms. The second-order valence-electron chi connectivity index (χ2n) is 4.33. The molecular weight excluding hydrogens is 224 g/mol. The highest BCUT2D eigenvalue weighted by molar-refractivity contribution is 5.58. The third kappa shape index (κ3) is 2.03. The van der Waals surface area contributed by atoms with E-state index in [9.17, 15) is 5.11 Å². The van der Waals surface area contributed by atoms with Crippen molar-refractivity contribution in [3.05, 3.63) is 71.8 Å². The Morgan fingerprint density at radius 3 is 2.44 bits per heavy atom. The summed E-state index contributed by atoms with van der Waals surface area (Å²) in [7, 11) is 0. The lowest BCUT2D eigenvalue weighted by atomic mass is 9.93. The predicted molar refractivity (Wildman–Crippen MR) is 71.3 cm³/mol. The molecule has 0 aliphatic heterocycles. The minimum atomic E-state index is -0.619. The number of ether oxygens (including phenoxy) is 1. The van der Waals surface area contributed by atoms with Gasteiger partial charge in [0.25, 0.3) is 0 Å². The van der Waals surface area contributed by atoms with Crippen LogP contribution in [0.1, 0.15) is 17.2 Å². The second kappa shape index (κ2) is 4.67. The Morgan fingerprint density at radius 1 is 0.889 bits per heavy atom. The predicted octanol–water partition coefficient (Wildman–Crippen LogP) is 3.19. The van der Waals surface area contributed by atoms with Crippen LogP contribution < -0.4 is 4.74 Å². The van der Waals surface area contributed by atoms with E-state index in [-0.39, 0.29) is 6.10 Å². The van der Waals surface area contributed by atoms with Crippen molar-refractivity contribution in [3.8, 4) is 5.75 Å². The maximum absolute atomic E-state index is 10.3. The standard InChI is InChI=1S/C16H14O2/c17-16-14-9-5-4-6-12(14)10-11-15(16)18-13-7-2-1-3-8-13/h1-11,15-17H/t15-,16+/m0/s1. The number of hydrogen-bond donors (Lipinski definition) is 1. The molecule has 0 saturated carbocycles. The molecule has 1 aliphatic rings. The Labute approximate surface area is 106 Å². The molecule has 1 aliphatic carbocycles. The van der Waals surface area contributed by atoms with Crippen LogP contribution in [0.15, 0.2) is 60.7 Å². The Morgan fingerprint density at radius 2 is 1.61 bits per heavy atom. The first-order valence-electron chi connectivity index (χ1n) is 6.01. The van der Waals surface area contributed by atoms with Crippen molar-refractivity contribution in [1.82, 2.24) is 0 Å². The van der Waals surface area contributed by atoms with Crippen LogP contribution in [0.4, 0.5) is 0 Å². The van der Waals surface area contributed by atoms with Crippen molar-refractivity contribution >= 4 is 6.08 Å². The van der Waals surface area contributed by atoms with Crippen LogP contribution in [0.25, 0.3) is 6.08 Å². The molecule has 2 aromatic carbocycles. The Balaban J connectivity index is 1.85. The lowest BCUT2D eigenvalue weighted by Gasteiger charge is -2.26. The summed E-state index contributed by atoms with van der Waals surface area (Å²) in [5.41, 5.74) is 1.97. The molecule has 0 amide bonds. The van der Waals surface area contributed by atoms with E-state index in [0.29, 0.717) is 0 Å². The molecule has 2 atom stereocenters. The van der Waals surface area contributed by atoms with Crippen LogP contribution in [-0.4, -0.2) is 11.2 Å². The van der Waals surface area contributed by atoms with E-state index in [1.165, 1.54) is 0 Å². The van der Waals surface area contributed by atoms with Gasteiger partial charge in [-0.15, -0.1) is 0 Å². The van der Waals surface area contributed by atoms with Crippen molar-refractivity contribution in [2.24, 2.45) is 0 Å². The molecule has 0 fully saturated rings. The fourth-order valence-corrected chi connectivity index (χ4v) is 2.17. The largest absolute Gasteiger partial charge is 0.483 e. The zero-order valence-corrected chi connectivity index (χ0v) is 9.86. The van der Waals surface area contributed by atoms with E-state index in [0.717, 1.165) is 16.9 Å². The van der Waals surface area contributed by atoms with E-state index >= 15 is 0 Å². The summed E-state index contributed by atoms with van der Waals surface area (Å²) in [5.74, 6) is 0.769. The van der Waals surface area contributed by atoms with Gasteiger partial charge in [-0.25, -0.2) is 0 Å². The minimum Gasteiger partial charge on any atom is -0.483 e. The van der Waals surface area contributed by atoms with Crippen molar-refractivity contribution in [1.29, 1.82) is 0 Å². The first-order valence-corrected chi connectivity index (χ1v) is 6.01. The Hall–Kier alpha value is -2.06. The highest BCUT2D eigenvalue weighted by atomic mass is 16.5. The molecular formula is C16H14O2. The molecule has 18 heavy (non-hydrogen) atoms. The van der Waals surface area contributed by atoms with Crippen LogP contribution in [0.2, 0.25) is 0 Å². The van der Waals surface area contributed by atoms with E-state index in [4.69, 9.17) is 4.74 Å². The van der Waals surface area contributed by atoms with Gasteiger partial charge in [-0.3, -0.25) is 0 Å². The van der Waals surface area contributed by atoms with Gasteiger partial charge in [0.05, 0.1) is 0 Å². The van der Waals surface area contributed by atoms with Crippen LogP contribution in [0, 0.1) is 0 Å². The fraction of sp³-hybridized carbons (Fsp3) is 0.125. The maximum atomic E-state index is 10.3. The summed E-state index contributed by atoms with van der Waals surface area (Å²) >= 11 is 0. The topological polar surface area (TPSA) is 29.5 Å². The highest BCUT2D eigenvalue weighted by Crippen LogP contribution is 2.30. The molecule has 0 bridgehead atoms. The lowest BCUT2D eigenvalue weighted by Crippen LogP contribution is -2.25. The maximum Gasteiger partial charge on any atom is 0.147 e. The van der Waals surface area contributed by atoms with Gasteiger partial charge in [0.15, 0.2) is 0 Å². The molecule has 0 radical (unpaired) electrons. The number of fused-ring (bicyclic) bond motifs is 1. The van der Waals surface area contributed by atoms with Crippen LogP contribution in [-0.2, 0) is 0 Å². The monoisotopic (exact) mass is 238 g/mol. The molecule has 0 saturated heterocycles. The van der Waals surface area contributed by atoms with Gasteiger partial charge in [0.1, 0.15) is 18.0 Å². The number of para-hydroxylation sites is 1. The van der Waals surface area contributed by atoms with E-state index < -0.39 is 6.10 Å². The molecule has 0 aromatic heterocycles. The molecule has 1 N–H and O–H groups in total. The first-order chi connectivity index (χ1) is 8.84. The van der Waals surface area contributed by atoms with Crippen LogP contribution in [0.3, 0.4) is 0 Å². The average Bonchev–Trinajstić information content (AvgIpc) is 2.43. The molecule has 0 heterocycles. The zero-order valence-electron chi connectivity index (χ0n) is 9.86. The number of hydrogen-bond acceptors (Lipinski definition) is 2. The lowest BCUT2D eigenvalue weighted by molar-refractivity contribution is 0.0623. The third-order valence-electron chi connectivity index (χ3n) is 3.11. The SMILES string of the molecule is O[C@@H]1c2ccccc2C=C[C@@H]1Oc1ccccc1. The smallest absolute Gasteiger partial charge is 0.147 e. The van der Waals surface area contributed by atoms with Crippen molar-refractivity contribution < 1.29 is 9.84 Å². The zero-order chi connectivity index (χ0) is 12.4. The van der Waals surface area contributed by atoms with Crippen molar-refractivity contribution in [2.45, 2.75) is 12.2 Å². The summed E-state index contributed by atoms with van der Waals surface area (Å²) in [4.78, 5) is 0. The summed E-state index contributed by atoms with van der Waals surface area (Å²) in [6, 6.07) is 17.4. The fourth-order valence-electron chi connectivity index (χ4n) is 2.17. The van der Waals surface area contributed by atoms with Gasteiger partial charge < -0.3 is 9.84 Å². The van der Waals surface area contributed by atoms with Gasteiger partial charge in [0.2, 0.25) is 0 Å². The van der Waals surface area contributed by atoms with Gasteiger partial charge in [-0.1, -0.05) is 48.5 Å².